The molecule has 0 saturated carbocycles. The highest BCUT2D eigenvalue weighted by Crippen LogP contribution is 2.49. The monoisotopic (exact) mass is 608 g/mol. The first-order chi connectivity index (χ1) is 22.8. The average Bonchev–Trinajstić information content (AvgIpc) is 3.69. The van der Waals surface area contributed by atoms with Crippen molar-refractivity contribution in [3.05, 3.63) is 170 Å². The van der Waals surface area contributed by atoms with E-state index in [0.717, 1.165) is 56.1 Å². The topological polar surface area (TPSA) is 19.6 Å². The van der Waals surface area contributed by atoms with Gasteiger partial charge >= 0.3 is 0 Å². The third kappa shape index (κ3) is 4.34. The summed E-state index contributed by atoms with van der Waals surface area (Å²) >= 11 is 1.85. The molecule has 3 nitrogen and oxygen atoms in total. The van der Waals surface area contributed by atoms with Gasteiger partial charge in [-0.3, -0.25) is 0 Å². The molecule has 9 rings (SSSR count). The number of para-hydroxylation sites is 4. The third-order valence-electron chi connectivity index (χ3n) is 8.63. The van der Waals surface area contributed by atoms with Gasteiger partial charge in [0, 0.05) is 50.4 Å². The summed E-state index contributed by atoms with van der Waals surface area (Å²) in [6.45, 7) is 0. The van der Waals surface area contributed by atoms with Crippen molar-refractivity contribution < 1.29 is 4.42 Å². The fourth-order valence-electron chi connectivity index (χ4n) is 6.58. The molecule has 0 N–H and O–H groups in total. The second-order valence-electron chi connectivity index (χ2n) is 11.4. The molecule has 0 amide bonds. The Kier molecular flexibility index (Phi) is 6.32. The summed E-state index contributed by atoms with van der Waals surface area (Å²) in [5, 5.41) is 4.75. The zero-order valence-electron chi connectivity index (χ0n) is 24.9. The summed E-state index contributed by atoms with van der Waals surface area (Å²) in [7, 11) is 0. The molecule has 0 aliphatic carbocycles. The Morgan fingerprint density at radius 3 is 1.37 bits per heavy atom. The molecule has 0 saturated heterocycles. The fraction of sp³-hybridized carbons (Fsp3) is 0. The average molecular weight is 609 g/mol. The van der Waals surface area contributed by atoms with Crippen LogP contribution in [-0.2, 0) is 0 Å². The molecule has 0 spiro atoms. The van der Waals surface area contributed by atoms with Crippen LogP contribution < -0.4 is 9.80 Å². The van der Waals surface area contributed by atoms with E-state index in [4.69, 9.17) is 4.42 Å². The third-order valence-corrected chi connectivity index (χ3v) is 9.89. The molecule has 0 radical (unpaired) electrons. The number of nitrogens with zero attached hydrogens (tertiary/aromatic N) is 2. The van der Waals surface area contributed by atoms with E-state index < -0.39 is 0 Å². The number of hydrogen-bond acceptors (Lipinski definition) is 4. The maximum absolute atomic E-state index is 6.35. The van der Waals surface area contributed by atoms with E-state index in [0.29, 0.717) is 0 Å². The van der Waals surface area contributed by atoms with Gasteiger partial charge in [-0.1, -0.05) is 97.1 Å². The van der Waals surface area contributed by atoms with Crippen LogP contribution in [0.2, 0.25) is 0 Å². The lowest BCUT2D eigenvalue weighted by molar-refractivity contribution is 0.669. The molecule has 46 heavy (non-hydrogen) atoms. The molecule has 9 aromatic rings. The zero-order chi connectivity index (χ0) is 30.5. The van der Waals surface area contributed by atoms with Gasteiger partial charge in [0.2, 0.25) is 0 Å². The van der Waals surface area contributed by atoms with Crippen LogP contribution in [0.5, 0.6) is 0 Å². The predicted molar refractivity (Wildman–Crippen MR) is 196 cm³/mol. The summed E-state index contributed by atoms with van der Waals surface area (Å²) in [6.07, 6.45) is 0. The van der Waals surface area contributed by atoms with E-state index in [2.05, 4.69) is 168 Å². The number of furan rings is 1. The lowest BCUT2D eigenvalue weighted by Crippen LogP contribution is -2.09. The minimum Gasteiger partial charge on any atom is -0.456 e. The van der Waals surface area contributed by atoms with Crippen molar-refractivity contribution in [2.45, 2.75) is 0 Å². The van der Waals surface area contributed by atoms with Gasteiger partial charge in [0.1, 0.15) is 11.2 Å². The van der Waals surface area contributed by atoms with Crippen molar-refractivity contribution in [2.75, 3.05) is 9.80 Å². The molecule has 7 aromatic carbocycles. The molecule has 218 valence electrons. The van der Waals surface area contributed by atoms with Gasteiger partial charge in [0.15, 0.2) is 0 Å². The van der Waals surface area contributed by atoms with Gasteiger partial charge < -0.3 is 14.2 Å². The minimum absolute atomic E-state index is 0.881. The summed E-state index contributed by atoms with van der Waals surface area (Å²) in [5.41, 5.74) is 8.49. The van der Waals surface area contributed by atoms with E-state index >= 15 is 0 Å². The van der Waals surface area contributed by atoms with E-state index in [-0.39, 0.29) is 0 Å². The van der Waals surface area contributed by atoms with Crippen LogP contribution in [0.15, 0.2) is 174 Å². The molecule has 2 aromatic heterocycles. The first-order valence-electron chi connectivity index (χ1n) is 15.4. The van der Waals surface area contributed by atoms with Gasteiger partial charge in [0.25, 0.3) is 0 Å². The van der Waals surface area contributed by atoms with Gasteiger partial charge in [-0.05, 0) is 66.7 Å². The maximum atomic E-state index is 6.35. The molecule has 0 aliphatic rings. The normalized spacial score (nSPS) is 11.5. The van der Waals surface area contributed by atoms with E-state index in [9.17, 15) is 0 Å². The number of hydrogen-bond donors (Lipinski definition) is 0. The quantitative estimate of drug-likeness (QED) is 0.187. The van der Waals surface area contributed by atoms with Crippen LogP contribution in [0.4, 0.5) is 34.1 Å². The van der Waals surface area contributed by atoms with Crippen LogP contribution >= 0.6 is 11.3 Å². The number of fused-ring (bicyclic) bond motifs is 6. The van der Waals surface area contributed by atoms with Crippen molar-refractivity contribution in [1.82, 2.24) is 0 Å². The molecular weight excluding hydrogens is 581 g/mol. The molecular formula is C42H28N2OS. The first-order valence-corrected chi connectivity index (χ1v) is 16.3. The highest BCUT2D eigenvalue weighted by molar-refractivity contribution is 7.27. The molecule has 2 heterocycles. The molecule has 0 bridgehead atoms. The minimum atomic E-state index is 0.881. The van der Waals surface area contributed by atoms with Crippen LogP contribution in [0.1, 0.15) is 0 Å². The first kappa shape index (κ1) is 26.6. The maximum Gasteiger partial charge on any atom is 0.137 e. The Morgan fingerprint density at radius 2 is 0.804 bits per heavy atom. The van der Waals surface area contributed by atoms with Gasteiger partial charge in [-0.25, -0.2) is 0 Å². The number of thiophene rings is 1. The number of anilines is 6. The van der Waals surface area contributed by atoms with Gasteiger partial charge in [-0.2, -0.15) is 0 Å². The van der Waals surface area contributed by atoms with Crippen molar-refractivity contribution in [1.29, 1.82) is 0 Å². The number of rotatable bonds is 6. The Morgan fingerprint density at radius 1 is 0.348 bits per heavy atom. The second kappa shape index (κ2) is 11.0. The van der Waals surface area contributed by atoms with Crippen molar-refractivity contribution >= 4 is 87.6 Å². The summed E-state index contributed by atoms with van der Waals surface area (Å²) in [6, 6.07) is 60.0. The Labute approximate surface area is 270 Å². The van der Waals surface area contributed by atoms with Gasteiger partial charge in [0.05, 0.1) is 20.8 Å². The van der Waals surface area contributed by atoms with E-state index in [1.807, 2.05) is 23.5 Å². The molecule has 4 heteroatoms. The lowest BCUT2D eigenvalue weighted by Gasteiger charge is -2.26. The molecule has 0 fully saturated rings. The van der Waals surface area contributed by atoms with E-state index in [1.54, 1.807) is 0 Å². The van der Waals surface area contributed by atoms with Crippen LogP contribution in [0, 0.1) is 0 Å². The Balaban J connectivity index is 1.28. The smallest absolute Gasteiger partial charge is 0.137 e. The van der Waals surface area contributed by atoms with Crippen LogP contribution in [0.25, 0.3) is 42.1 Å². The van der Waals surface area contributed by atoms with Crippen molar-refractivity contribution in [3.63, 3.8) is 0 Å². The van der Waals surface area contributed by atoms with Crippen LogP contribution in [-0.4, -0.2) is 0 Å². The molecule has 0 atom stereocenters. The summed E-state index contributed by atoms with van der Waals surface area (Å²) in [5.74, 6) is 0. The highest BCUT2D eigenvalue weighted by Gasteiger charge is 2.22. The van der Waals surface area contributed by atoms with Gasteiger partial charge in [-0.15, -0.1) is 11.3 Å². The van der Waals surface area contributed by atoms with Crippen LogP contribution in [0.3, 0.4) is 0 Å². The SMILES string of the molecule is c1ccc(N(c2ccccc2)c2cccc3c2sc2c(N(c4ccccc4)c4ccc5c(c4)oc4ccccc45)cccc23)cc1. The Bertz CT molecular complexity index is 2440. The lowest BCUT2D eigenvalue weighted by atomic mass is 10.1. The van der Waals surface area contributed by atoms with Crippen molar-refractivity contribution in [2.24, 2.45) is 0 Å². The summed E-state index contributed by atoms with van der Waals surface area (Å²) < 4.78 is 8.83. The largest absolute Gasteiger partial charge is 0.456 e. The molecule has 0 aliphatic heterocycles. The second-order valence-corrected chi connectivity index (χ2v) is 12.4. The zero-order valence-corrected chi connectivity index (χ0v) is 25.7. The van der Waals surface area contributed by atoms with Crippen molar-refractivity contribution in [3.8, 4) is 0 Å². The standard InChI is InChI=1S/C42H28N2OS/c1-4-14-29(15-5-1)43(30-16-6-2-7-17-30)37-23-12-21-35-36-22-13-24-38(42(36)46-41(35)37)44(31-18-8-3-9-19-31)32-26-27-34-33-20-10-11-25-39(33)45-40(34)28-32/h1-28H. The number of benzene rings is 7. The fourth-order valence-corrected chi connectivity index (χ4v) is 7.89. The summed E-state index contributed by atoms with van der Waals surface area (Å²) in [4.78, 5) is 4.72. The molecule has 0 unspecified atom stereocenters. The highest BCUT2D eigenvalue weighted by atomic mass is 32.1. The predicted octanol–water partition coefficient (Wildman–Crippen LogP) is 12.9. The Hall–Kier alpha value is -5.84. The van der Waals surface area contributed by atoms with E-state index in [1.165, 1.54) is 20.2 Å².